The van der Waals surface area contributed by atoms with Crippen LogP contribution in [0.15, 0.2) is 12.1 Å². The number of hydrogen-bond acceptors (Lipinski definition) is 4. The highest BCUT2D eigenvalue weighted by atomic mass is 35.5. The molecule has 12 heavy (non-hydrogen) atoms. The van der Waals surface area contributed by atoms with E-state index in [1.54, 1.807) is 0 Å². The first-order valence-corrected chi connectivity index (χ1v) is 3.26. The molecule has 0 amide bonds. The van der Waals surface area contributed by atoms with Crippen LogP contribution < -0.4 is 0 Å². The molecular formula is C6H4ClNO4. The van der Waals surface area contributed by atoms with Gasteiger partial charge in [-0.15, -0.1) is 0 Å². The van der Waals surface area contributed by atoms with Crippen LogP contribution in [0.25, 0.3) is 0 Å². The Hall–Kier alpha value is -1.49. The third-order valence-electron chi connectivity index (χ3n) is 1.24. The van der Waals surface area contributed by atoms with E-state index in [2.05, 4.69) is 0 Å². The van der Waals surface area contributed by atoms with Gasteiger partial charge < -0.3 is 10.2 Å². The van der Waals surface area contributed by atoms with E-state index in [9.17, 15) is 10.1 Å². The molecular weight excluding hydrogens is 186 g/mol. The van der Waals surface area contributed by atoms with E-state index in [0.717, 1.165) is 12.1 Å². The molecule has 1 aromatic carbocycles. The fourth-order valence-electron chi connectivity index (χ4n) is 0.676. The zero-order chi connectivity index (χ0) is 9.30. The number of rotatable bonds is 1. The summed E-state index contributed by atoms with van der Waals surface area (Å²) in [6.45, 7) is 0. The molecule has 0 fully saturated rings. The standard InChI is InChI=1S/C6H4ClNO4/c7-4-1-3(8(11)12)2-5(9)6(4)10/h1-2,9-10H. The maximum absolute atomic E-state index is 10.2. The minimum absolute atomic E-state index is 0.248. The van der Waals surface area contributed by atoms with Crippen molar-refractivity contribution >= 4 is 17.3 Å². The van der Waals surface area contributed by atoms with Gasteiger partial charge in [0.15, 0.2) is 11.5 Å². The number of nitro groups is 1. The van der Waals surface area contributed by atoms with E-state index in [1.807, 2.05) is 0 Å². The Morgan fingerprint density at radius 1 is 1.42 bits per heavy atom. The van der Waals surface area contributed by atoms with E-state index in [1.165, 1.54) is 0 Å². The summed E-state index contributed by atoms with van der Waals surface area (Å²) in [7, 11) is 0. The summed E-state index contributed by atoms with van der Waals surface area (Å²) in [5.74, 6) is -1.16. The second kappa shape index (κ2) is 2.86. The fraction of sp³-hybridized carbons (Fsp3) is 0. The van der Waals surface area contributed by atoms with Crippen molar-refractivity contribution in [2.24, 2.45) is 0 Å². The summed E-state index contributed by atoms with van der Waals surface area (Å²) >= 11 is 5.35. The van der Waals surface area contributed by atoms with Gasteiger partial charge >= 0.3 is 0 Å². The van der Waals surface area contributed by atoms with Gasteiger partial charge in [0.25, 0.3) is 5.69 Å². The van der Waals surface area contributed by atoms with E-state index in [-0.39, 0.29) is 10.7 Å². The number of halogens is 1. The zero-order valence-electron chi connectivity index (χ0n) is 5.69. The molecule has 0 saturated heterocycles. The Bertz CT molecular complexity index is 315. The van der Waals surface area contributed by atoms with Gasteiger partial charge in [-0.3, -0.25) is 10.1 Å². The van der Waals surface area contributed by atoms with Gasteiger partial charge in [0.05, 0.1) is 16.0 Å². The van der Waals surface area contributed by atoms with Crippen molar-refractivity contribution in [1.29, 1.82) is 0 Å². The highest BCUT2D eigenvalue weighted by Crippen LogP contribution is 2.36. The van der Waals surface area contributed by atoms with Gasteiger partial charge in [-0.25, -0.2) is 0 Å². The van der Waals surface area contributed by atoms with Gasteiger partial charge in [-0.05, 0) is 0 Å². The summed E-state index contributed by atoms with van der Waals surface area (Å²) in [6, 6.07) is 1.78. The number of nitrogens with zero attached hydrogens (tertiary/aromatic N) is 1. The SMILES string of the molecule is O=[N+]([O-])c1cc(O)c(O)c(Cl)c1. The number of non-ortho nitro benzene ring substituents is 1. The van der Waals surface area contributed by atoms with Crippen LogP contribution in [0, 0.1) is 10.1 Å². The van der Waals surface area contributed by atoms with Crippen LogP contribution in [0.1, 0.15) is 0 Å². The predicted molar refractivity (Wildman–Crippen MR) is 41.4 cm³/mol. The second-order valence-electron chi connectivity index (χ2n) is 2.05. The Morgan fingerprint density at radius 2 is 2.00 bits per heavy atom. The molecule has 0 aliphatic heterocycles. The summed E-state index contributed by atoms with van der Waals surface area (Å²) in [5.41, 5.74) is -0.365. The molecule has 64 valence electrons. The highest BCUT2D eigenvalue weighted by molar-refractivity contribution is 6.32. The number of hydrogen-bond donors (Lipinski definition) is 2. The lowest BCUT2D eigenvalue weighted by molar-refractivity contribution is -0.384. The van der Waals surface area contributed by atoms with E-state index in [0.29, 0.717) is 0 Å². The average molecular weight is 190 g/mol. The fourth-order valence-corrected chi connectivity index (χ4v) is 0.885. The lowest BCUT2D eigenvalue weighted by atomic mass is 10.3. The van der Waals surface area contributed by atoms with Gasteiger partial charge in [-0.1, -0.05) is 11.6 Å². The van der Waals surface area contributed by atoms with Crippen molar-refractivity contribution in [1.82, 2.24) is 0 Å². The van der Waals surface area contributed by atoms with Gasteiger partial charge in [0.2, 0.25) is 0 Å². The monoisotopic (exact) mass is 189 g/mol. The highest BCUT2D eigenvalue weighted by Gasteiger charge is 2.13. The maximum Gasteiger partial charge on any atom is 0.274 e. The lowest BCUT2D eigenvalue weighted by Gasteiger charge is -1.98. The van der Waals surface area contributed by atoms with Crippen LogP contribution in [-0.4, -0.2) is 15.1 Å². The molecule has 0 spiro atoms. The second-order valence-corrected chi connectivity index (χ2v) is 2.46. The molecule has 0 bridgehead atoms. The van der Waals surface area contributed by atoms with Crippen LogP contribution in [-0.2, 0) is 0 Å². The van der Waals surface area contributed by atoms with Crippen LogP contribution in [0.3, 0.4) is 0 Å². The minimum Gasteiger partial charge on any atom is -0.504 e. The molecule has 1 rings (SSSR count). The predicted octanol–water partition coefficient (Wildman–Crippen LogP) is 1.66. The molecule has 2 N–H and O–H groups in total. The van der Waals surface area contributed by atoms with Crippen molar-refractivity contribution < 1.29 is 15.1 Å². The number of phenolic OH excluding ortho intramolecular Hbond substituents is 2. The number of nitro benzene ring substituents is 1. The Labute approximate surface area is 72.0 Å². The summed E-state index contributed by atoms with van der Waals surface area (Å²) in [5, 5.41) is 27.7. The zero-order valence-corrected chi connectivity index (χ0v) is 6.45. The molecule has 0 unspecified atom stereocenters. The number of aromatic hydroxyl groups is 2. The summed E-state index contributed by atoms with van der Waals surface area (Å²) in [6.07, 6.45) is 0. The minimum atomic E-state index is -0.717. The molecule has 0 aliphatic carbocycles. The molecule has 0 aromatic heterocycles. The lowest BCUT2D eigenvalue weighted by Crippen LogP contribution is -1.87. The normalized spacial score (nSPS) is 9.75. The van der Waals surface area contributed by atoms with Crippen molar-refractivity contribution in [2.45, 2.75) is 0 Å². The first-order valence-electron chi connectivity index (χ1n) is 2.88. The molecule has 1 aromatic rings. The van der Waals surface area contributed by atoms with E-state index < -0.39 is 16.4 Å². The third-order valence-corrected chi connectivity index (χ3v) is 1.53. The van der Waals surface area contributed by atoms with Crippen molar-refractivity contribution in [3.63, 3.8) is 0 Å². The van der Waals surface area contributed by atoms with E-state index >= 15 is 0 Å². The molecule has 0 radical (unpaired) electrons. The first-order chi connectivity index (χ1) is 5.52. The largest absolute Gasteiger partial charge is 0.504 e. The Balaban J connectivity index is 3.31. The molecule has 6 heteroatoms. The average Bonchev–Trinajstić information content (AvgIpc) is 1.99. The van der Waals surface area contributed by atoms with Gasteiger partial charge in [0, 0.05) is 6.07 Å². The Kier molecular flexibility index (Phi) is 2.05. The van der Waals surface area contributed by atoms with Gasteiger partial charge in [-0.2, -0.15) is 0 Å². The third kappa shape index (κ3) is 1.40. The summed E-state index contributed by atoms with van der Waals surface area (Å²) in [4.78, 5) is 9.45. The molecule has 0 atom stereocenters. The van der Waals surface area contributed by atoms with Crippen LogP contribution in [0.2, 0.25) is 5.02 Å². The van der Waals surface area contributed by atoms with Crippen molar-refractivity contribution in [2.75, 3.05) is 0 Å². The number of benzene rings is 1. The number of phenols is 2. The topological polar surface area (TPSA) is 83.6 Å². The maximum atomic E-state index is 10.2. The quantitative estimate of drug-likeness (QED) is 0.400. The van der Waals surface area contributed by atoms with Gasteiger partial charge in [0.1, 0.15) is 0 Å². The van der Waals surface area contributed by atoms with E-state index in [4.69, 9.17) is 21.8 Å². The summed E-state index contributed by atoms with van der Waals surface area (Å²) < 4.78 is 0. The van der Waals surface area contributed by atoms with Crippen LogP contribution >= 0.6 is 11.6 Å². The molecule has 0 aliphatic rings. The smallest absolute Gasteiger partial charge is 0.274 e. The molecule has 0 heterocycles. The van der Waals surface area contributed by atoms with Crippen LogP contribution in [0.5, 0.6) is 11.5 Å². The van der Waals surface area contributed by atoms with Crippen LogP contribution in [0.4, 0.5) is 5.69 Å². The first kappa shape index (κ1) is 8.61. The van der Waals surface area contributed by atoms with Crippen molar-refractivity contribution in [3.05, 3.63) is 27.3 Å². The molecule has 5 nitrogen and oxygen atoms in total. The van der Waals surface area contributed by atoms with Crippen molar-refractivity contribution in [3.8, 4) is 11.5 Å². The Morgan fingerprint density at radius 3 is 2.42 bits per heavy atom. The molecule has 0 saturated carbocycles.